The molecule has 0 saturated carbocycles. The highest BCUT2D eigenvalue weighted by Crippen LogP contribution is 2.43. The van der Waals surface area contributed by atoms with Gasteiger partial charge in [-0.2, -0.15) is 10.4 Å². The van der Waals surface area contributed by atoms with Crippen LogP contribution in [0.4, 0.5) is 0 Å². The fourth-order valence-corrected chi connectivity index (χ4v) is 4.52. The monoisotopic (exact) mass is 484 g/mol. The van der Waals surface area contributed by atoms with Crippen molar-refractivity contribution < 1.29 is 14.3 Å². The van der Waals surface area contributed by atoms with Crippen LogP contribution in [-0.2, 0) is 0 Å². The van der Waals surface area contributed by atoms with Gasteiger partial charge >= 0.3 is 0 Å². The number of benzene rings is 3. The highest BCUT2D eigenvalue weighted by atomic mass is 16.5. The summed E-state index contributed by atoms with van der Waals surface area (Å²) in [5.41, 5.74) is 4.99. The normalized spacial score (nSPS) is 10.9. The maximum atomic E-state index is 10.4. The van der Waals surface area contributed by atoms with Gasteiger partial charge in [0.25, 0.3) is 0 Å². The molecule has 3 heterocycles. The second kappa shape index (κ2) is 9.02. The summed E-state index contributed by atoms with van der Waals surface area (Å²) in [5, 5.41) is 26.4. The van der Waals surface area contributed by atoms with Gasteiger partial charge in [0.05, 0.1) is 30.0 Å². The average molecular weight is 485 g/mol. The van der Waals surface area contributed by atoms with E-state index in [9.17, 15) is 10.4 Å². The first kappa shape index (κ1) is 22.1. The predicted octanol–water partition coefficient (Wildman–Crippen LogP) is 6.60. The Morgan fingerprint density at radius 2 is 1.65 bits per heavy atom. The van der Waals surface area contributed by atoms with Crippen LogP contribution in [-0.4, -0.2) is 27.0 Å². The van der Waals surface area contributed by atoms with E-state index in [4.69, 9.17) is 19.2 Å². The summed E-state index contributed by atoms with van der Waals surface area (Å²) in [6.07, 6.45) is 1.55. The number of hydrogen-bond donors (Lipinski definition) is 1. The molecule has 0 unspecified atom stereocenters. The van der Waals surface area contributed by atoms with Crippen molar-refractivity contribution in [1.82, 2.24) is 14.8 Å². The lowest BCUT2D eigenvalue weighted by Gasteiger charge is -2.13. The standard InChI is InChI=1S/C30H20N4O3/c1-36-25-17-20(14-15-23(25)35)26-22(18-31)29(24-13-8-16-37-24)32-30-27(26)28(19-9-4-2-5-10-19)33-34(30)21-11-6-3-7-12-21/h2-17,35H,1H3. The molecule has 0 spiro atoms. The van der Waals surface area contributed by atoms with Crippen LogP contribution in [0.5, 0.6) is 11.5 Å². The summed E-state index contributed by atoms with van der Waals surface area (Å²) in [5.74, 6) is 0.764. The number of nitrogens with zero attached hydrogens (tertiary/aromatic N) is 4. The first-order valence-corrected chi connectivity index (χ1v) is 11.6. The molecule has 3 aromatic heterocycles. The van der Waals surface area contributed by atoms with Crippen LogP contribution in [0.2, 0.25) is 0 Å². The summed E-state index contributed by atoms with van der Waals surface area (Å²) in [4.78, 5) is 4.96. The lowest BCUT2D eigenvalue weighted by atomic mass is 9.93. The van der Waals surface area contributed by atoms with E-state index in [1.165, 1.54) is 7.11 Å². The van der Waals surface area contributed by atoms with Crippen LogP contribution < -0.4 is 4.74 Å². The number of rotatable bonds is 5. The number of pyridine rings is 1. The molecule has 1 N–H and O–H groups in total. The number of phenolic OH excluding ortho intramolecular Hbond substituents is 1. The van der Waals surface area contributed by atoms with E-state index in [0.717, 1.165) is 11.3 Å². The smallest absolute Gasteiger partial charge is 0.165 e. The van der Waals surface area contributed by atoms with E-state index in [1.54, 1.807) is 41.3 Å². The maximum absolute atomic E-state index is 10.4. The second-order valence-corrected chi connectivity index (χ2v) is 8.35. The third kappa shape index (κ3) is 3.68. The number of ether oxygens (including phenoxy) is 1. The molecule has 0 bridgehead atoms. The molecule has 0 saturated heterocycles. The highest BCUT2D eigenvalue weighted by molar-refractivity contribution is 6.07. The number of phenols is 1. The molecule has 0 radical (unpaired) electrons. The van der Waals surface area contributed by atoms with Crippen molar-refractivity contribution >= 4 is 11.0 Å². The molecule has 0 fully saturated rings. The molecule has 0 aliphatic carbocycles. The van der Waals surface area contributed by atoms with Crippen LogP contribution in [0.25, 0.3) is 50.6 Å². The van der Waals surface area contributed by atoms with Crippen molar-refractivity contribution in [2.75, 3.05) is 7.11 Å². The minimum absolute atomic E-state index is 0.00424. The van der Waals surface area contributed by atoms with Gasteiger partial charge in [0.1, 0.15) is 17.5 Å². The zero-order chi connectivity index (χ0) is 25.4. The Balaban J connectivity index is 1.82. The van der Waals surface area contributed by atoms with Crippen molar-refractivity contribution in [3.05, 3.63) is 103 Å². The van der Waals surface area contributed by atoms with E-state index in [2.05, 4.69) is 6.07 Å². The lowest BCUT2D eigenvalue weighted by molar-refractivity contribution is 0.373. The number of para-hydroxylation sites is 1. The molecule has 3 aromatic carbocycles. The molecule has 178 valence electrons. The highest BCUT2D eigenvalue weighted by Gasteiger charge is 2.27. The van der Waals surface area contributed by atoms with Gasteiger partial charge in [0, 0.05) is 11.1 Å². The van der Waals surface area contributed by atoms with E-state index >= 15 is 0 Å². The molecule has 0 aliphatic rings. The number of furan rings is 1. The van der Waals surface area contributed by atoms with Crippen molar-refractivity contribution in [2.24, 2.45) is 0 Å². The largest absolute Gasteiger partial charge is 0.504 e. The summed E-state index contributed by atoms with van der Waals surface area (Å²) >= 11 is 0. The van der Waals surface area contributed by atoms with E-state index in [1.807, 2.05) is 60.7 Å². The number of fused-ring (bicyclic) bond motifs is 1. The van der Waals surface area contributed by atoms with Crippen LogP contribution in [0.3, 0.4) is 0 Å². The van der Waals surface area contributed by atoms with Crippen LogP contribution in [0.1, 0.15) is 5.56 Å². The molecule has 0 aliphatic heterocycles. The number of hydrogen-bond acceptors (Lipinski definition) is 6. The van der Waals surface area contributed by atoms with Crippen molar-refractivity contribution in [3.63, 3.8) is 0 Å². The Kier molecular flexibility index (Phi) is 5.40. The van der Waals surface area contributed by atoms with Crippen molar-refractivity contribution in [2.45, 2.75) is 0 Å². The zero-order valence-electron chi connectivity index (χ0n) is 19.8. The Morgan fingerprint density at radius 1 is 0.892 bits per heavy atom. The molecule has 37 heavy (non-hydrogen) atoms. The number of aromatic hydroxyl groups is 1. The second-order valence-electron chi connectivity index (χ2n) is 8.35. The van der Waals surface area contributed by atoms with Gasteiger partial charge < -0.3 is 14.3 Å². The van der Waals surface area contributed by atoms with Gasteiger partial charge in [-0.05, 0) is 42.0 Å². The number of methoxy groups -OCH3 is 1. The van der Waals surface area contributed by atoms with Gasteiger partial charge in [-0.3, -0.25) is 0 Å². The average Bonchev–Trinajstić information content (AvgIpc) is 3.62. The topological polar surface area (TPSA) is 97.1 Å². The van der Waals surface area contributed by atoms with Crippen molar-refractivity contribution in [3.8, 4) is 57.1 Å². The number of nitriles is 1. The van der Waals surface area contributed by atoms with E-state index in [-0.39, 0.29) is 5.75 Å². The van der Waals surface area contributed by atoms with Crippen LogP contribution in [0.15, 0.2) is 102 Å². The first-order chi connectivity index (χ1) is 18.2. The molecule has 6 aromatic rings. The molecule has 0 amide bonds. The van der Waals surface area contributed by atoms with Gasteiger partial charge in [-0.25, -0.2) is 9.67 Å². The SMILES string of the molecule is COc1cc(-c2c(C#N)c(-c3ccco3)nc3c2c(-c2ccccc2)nn3-c2ccccc2)ccc1O. The zero-order valence-corrected chi connectivity index (χ0v) is 19.8. The Bertz CT molecular complexity index is 1770. The summed E-state index contributed by atoms with van der Waals surface area (Å²) in [6.45, 7) is 0. The minimum atomic E-state index is 0.00424. The van der Waals surface area contributed by atoms with Gasteiger partial charge in [0.2, 0.25) is 0 Å². The molecule has 7 nitrogen and oxygen atoms in total. The summed E-state index contributed by atoms with van der Waals surface area (Å²) < 4.78 is 12.9. The molecule has 0 atom stereocenters. The third-order valence-corrected chi connectivity index (χ3v) is 6.20. The lowest BCUT2D eigenvalue weighted by Crippen LogP contribution is -2.00. The quantitative estimate of drug-likeness (QED) is 0.296. The molecular formula is C30H20N4O3. The van der Waals surface area contributed by atoms with Crippen LogP contribution in [0, 0.1) is 11.3 Å². The Labute approximate surface area is 212 Å². The minimum Gasteiger partial charge on any atom is -0.504 e. The van der Waals surface area contributed by atoms with Crippen LogP contribution >= 0.6 is 0 Å². The van der Waals surface area contributed by atoms with E-state index in [0.29, 0.717) is 50.6 Å². The first-order valence-electron chi connectivity index (χ1n) is 11.6. The third-order valence-electron chi connectivity index (χ3n) is 6.20. The predicted molar refractivity (Wildman–Crippen MR) is 140 cm³/mol. The Hall–Kier alpha value is -5.35. The fraction of sp³-hybridized carbons (Fsp3) is 0.0333. The summed E-state index contributed by atoms with van der Waals surface area (Å²) in [7, 11) is 1.49. The van der Waals surface area contributed by atoms with Gasteiger partial charge in [0.15, 0.2) is 22.9 Å². The molecule has 7 heteroatoms. The maximum Gasteiger partial charge on any atom is 0.165 e. The van der Waals surface area contributed by atoms with E-state index < -0.39 is 0 Å². The van der Waals surface area contributed by atoms with Gasteiger partial charge in [-0.1, -0.05) is 54.6 Å². The van der Waals surface area contributed by atoms with Gasteiger partial charge in [-0.15, -0.1) is 0 Å². The molecule has 6 rings (SSSR count). The summed E-state index contributed by atoms with van der Waals surface area (Å²) in [6, 6.07) is 30.4. The fourth-order valence-electron chi connectivity index (χ4n) is 4.52. The number of aromatic nitrogens is 3. The Morgan fingerprint density at radius 3 is 2.32 bits per heavy atom. The van der Waals surface area contributed by atoms with Crippen molar-refractivity contribution in [1.29, 1.82) is 5.26 Å². The molecular weight excluding hydrogens is 464 g/mol.